The van der Waals surface area contributed by atoms with Gasteiger partial charge < -0.3 is 5.73 Å². The summed E-state index contributed by atoms with van der Waals surface area (Å²) in [4.78, 5) is 0. The van der Waals surface area contributed by atoms with Gasteiger partial charge in [0, 0.05) is 15.5 Å². The Balaban J connectivity index is 2.12. The van der Waals surface area contributed by atoms with Crippen molar-refractivity contribution in [2.24, 2.45) is 17.6 Å². The second-order valence-electron chi connectivity index (χ2n) is 5.39. The van der Waals surface area contributed by atoms with Crippen molar-refractivity contribution in [3.05, 3.63) is 33.3 Å². The molecule has 0 heterocycles. The normalized spacial score (nSPS) is 26.0. The van der Waals surface area contributed by atoms with Crippen molar-refractivity contribution in [2.75, 3.05) is 0 Å². The first kappa shape index (κ1) is 14.4. The van der Waals surface area contributed by atoms with Crippen LogP contribution in [0.2, 0.25) is 5.02 Å². The van der Waals surface area contributed by atoms with E-state index in [2.05, 4.69) is 28.9 Å². The number of rotatable bonds is 3. The van der Waals surface area contributed by atoms with Gasteiger partial charge in [-0.25, -0.2) is 0 Å². The molecule has 3 unspecified atom stereocenters. The van der Waals surface area contributed by atoms with Gasteiger partial charge in [0.25, 0.3) is 0 Å². The molecular weight excluding hydrogens is 310 g/mol. The molecule has 1 aromatic rings. The van der Waals surface area contributed by atoms with Crippen LogP contribution in [-0.2, 0) is 0 Å². The van der Waals surface area contributed by atoms with Crippen LogP contribution in [0.25, 0.3) is 0 Å². The molecule has 0 amide bonds. The minimum Gasteiger partial charge on any atom is -0.324 e. The maximum absolute atomic E-state index is 6.44. The lowest BCUT2D eigenvalue weighted by atomic mass is 9.75. The number of nitrogens with two attached hydrogens (primary N) is 1. The minimum absolute atomic E-state index is 0.0833. The van der Waals surface area contributed by atoms with E-state index in [9.17, 15) is 0 Å². The summed E-state index contributed by atoms with van der Waals surface area (Å²) in [6.45, 7) is 2.28. The van der Waals surface area contributed by atoms with Gasteiger partial charge in [0.1, 0.15) is 0 Å². The number of hydrogen-bond donors (Lipinski definition) is 1. The van der Waals surface area contributed by atoms with Crippen LogP contribution in [0.3, 0.4) is 0 Å². The molecule has 0 spiro atoms. The molecule has 3 heteroatoms. The molecule has 18 heavy (non-hydrogen) atoms. The average Bonchev–Trinajstić information content (AvgIpc) is 2.38. The molecule has 0 bridgehead atoms. The van der Waals surface area contributed by atoms with Gasteiger partial charge in [0.2, 0.25) is 0 Å². The van der Waals surface area contributed by atoms with Gasteiger partial charge in [0.05, 0.1) is 0 Å². The fourth-order valence-electron chi connectivity index (χ4n) is 3.06. The highest BCUT2D eigenvalue weighted by molar-refractivity contribution is 9.10. The first-order chi connectivity index (χ1) is 8.61. The minimum atomic E-state index is 0.0833. The summed E-state index contributed by atoms with van der Waals surface area (Å²) in [6, 6.07) is 6.12. The highest BCUT2D eigenvalue weighted by Gasteiger charge is 2.27. The number of benzene rings is 1. The fourth-order valence-corrected chi connectivity index (χ4v) is 3.85. The molecular formula is C15H21BrClN. The van der Waals surface area contributed by atoms with Crippen molar-refractivity contribution in [1.82, 2.24) is 0 Å². The molecule has 1 aliphatic carbocycles. The van der Waals surface area contributed by atoms with E-state index in [0.29, 0.717) is 5.92 Å². The van der Waals surface area contributed by atoms with Gasteiger partial charge in [-0.15, -0.1) is 0 Å². The first-order valence-electron chi connectivity index (χ1n) is 6.82. The highest BCUT2D eigenvalue weighted by Crippen LogP contribution is 2.39. The van der Waals surface area contributed by atoms with Crippen LogP contribution in [0.5, 0.6) is 0 Å². The smallest absolute Gasteiger partial charge is 0.0465 e. The zero-order valence-electron chi connectivity index (χ0n) is 10.8. The Kier molecular flexibility index (Phi) is 5.11. The molecule has 3 atom stereocenters. The Bertz CT molecular complexity index is 407. The quantitative estimate of drug-likeness (QED) is 0.797. The van der Waals surface area contributed by atoms with Gasteiger partial charge in [-0.3, -0.25) is 0 Å². The van der Waals surface area contributed by atoms with E-state index in [1.807, 2.05) is 12.1 Å². The van der Waals surface area contributed by atoms with Crippen molar-refractivity contribution in [3.8, 4) is 0 Å². The molecule has 2 N–H and O–H groups in total. The van der Waals surface area contributed by atoms with Crippen molar-refractivity contribution >= 4 is 27.5 Å². The summed E-state index contributed by atoms with van der Waals surface area (Å²) >= 11 is 9.74. The molecule has 1 fully saturated rings. The van der Waals surface area contributed by atoms with Gasteiger partial charge in [-0.05, 0) is 42.4 Å². The summed E-state index contributed by atoms with van der Waals surface area (Å²) in [6.07, 6.45) is 6.45. The molecule has 0 radical (unpaired) electrons. The van der Waals surface area contributed by atoms with Crippen molar-refractivity contribution in [1.29, 1.82) is 0 Å². The maximum Gasteiger partial charge on any atom is 0.0465 e. The van der Waals surface area contributed by atoms with E-state index >= 15 is 0 Å². The van der Waals surface area contributed by atoms with Crippen LogP contribution >= 0.6 is 27.5 Å². The van der Waals surface area contributed by atoms with Crippen LogP contribution in [-0.4, -0.2) is 0 Å². The van der Waals surface area contributed by atoms with E-state index in [1.165, 1.54) is 32.1 Å². The van der Waals surface area contributed by atoms with Crippen LogP contribution < -0.4 is 5.73 Å². The van der Waals surface area contributed by atoms with Crippen LogP contribution in [0.4, 0.5) is 0 Å². The monoisotopic (exact) mass is 329 g/mol. The Morgan fingerprint density at radius 2 is 2.22 bits per heavy atom. The van der Waals surface area contributed by atoms with Crippen molar-refractivity contribution in [2.45, 2.75) is 45.1 Å². The SMILES string of the molecule is CCC1CCCC(C(N)c2ccc(Br)cc2Cl)C1. The summed E-state index contributed by atoms with van der Waals surface area (Å²) in [5.41, 5.74) is 7.54. The number of halogens is 2. The zero-order valence-corrected chi connectivity index (χ0v) is 13.2. The van der Waals surface area contributed by atoms with Gasteiger partial charge in [-0.2, -0.15) is 0 Å². The van der Waals surface area contributed by atoms with Gasteiger partial charge in [0.15, 0.2) is 0 Å². The molecule has 0 aliphatic heterocycles. The molecule has 1 aromatic carbocycles. The topological polar surface area (TPSA) is 26.0 Å². The lowest BCUT2D eigenvalue weighted by Gasteiger charge is -2.33. The Morgan fingerprint density at radius 1 is 1.44 bits per heavy atom. The predicted molar refractivity (Wildman–Crippen MR) is 81.8 cm³/mol. The first-order valence-corrected chi connectivity index (χ1v) is 7.99. The summed E-state index contributed by atoms with van der Waals surface area (Å²) in [5, 5.41) is 0.787. The van der Waals surface area contributed by atoms with Crippen LogP contribution in [0.15, 0.2) is 22.7 Å². The lowest BCUT2D eigenvalue weighted by molar-refractivity contribution is 0.230. The van der Waals surface area contributed by atoms with Crippen molar-refractivity contribution < 1.29 is 0 Å². The predicted octanol–water partition coefficient (Wildman–Crippen LogP) is 5.32. The third-order valence-electron chi connectivity index (χ3n) is 4.23. The molecule has 0 saturated heterocycles. The molecule has 1 aliphatic rings. The van der Waals surface area contributed by atoms with Crippen LogP contribution in [0.1, 0.15) is 50.6 Å². The zero-order chi connectivity index (χ0) is 13.1. The van der Waals surface area contributed by atoms with E-state index in [0.717, 1.165) is 21.0 Å². The molecule has 1 nitrogen and oxygen atoms in total. The Morgan fingerprint density at radius 3 is 2.89 bits per heavy atom. The van der Waals surface area contributed by atoms with Gasteiger partial charge in [-0.1, -0.05) is 59.8 Å². The van der Waals surface area contributed by atoms with Crippen LogP contribution in [0, 0.1) is 11.8 Å². The highest BCUT2D eigenvalue weighted by atomic mass is 79.9. The summed E-state index contributed by atoms with van der Waals surface area (Å²) < 4.78 is 1.01. The lowest BCUT2D eigenvalue weighted by Crippen LogP contribution is -2.27. The average molecular weight is 331 g/mol. The molecule has 2 rings (SSSR count). The second-order valence-corrected chi connectivity index (χ2v) is 6.72. The van der Waals surface area contributed by atoms with E-state index < -0.39 is 0 Å². The fraction of sp³-hybridized carbons (Fsp3) is 0.600. The maximum atomic E-state index is 6.44. The molecule has 1 saturated carbocycles. The number of hydrogen-bond acceptors (Lipinski definition) is 1. The Labute approximate surface area is 123 Å². The summed E-state index contributed by atoms with van der Waals surface area (Å²) in [5.74, 6) is 1.44. The molecule has 0 aromatic heterocycles. The largest absolute Gasteiger partial charge is 0.324 e. The third kappa shape index (κ3) is 3.28. The standard InChI is InChI=1S/C15H21BrClN/c1-2-10-4-3-5-11(8-10)15(18)13-7-6-12(16)9-14(13)17/h6-7,9-11,15H,2-5,8,18H2,1H3. The van der Waals surface area contributed by atoms with E-state index in [1.54, 1.807) is 0 Å². The van der Waals surface area contributed by atoms with Gasteiger partial charge >= 0.3 is 0 Å². The molecule has 100 valence electrons. The van der Waals surface area contributed by atoms with Crippen molar-refractivity contribution in [3.63, 3.8) is 0 Å². The third-order valence-corrected chi connectivity index (χ3v) is 5.05. The Hall–Kier alpha value is -0.0500. The summed E-state index contributed by atoms with van der Waals surface area (Å²) in [7, 11) is 0. The van der Waals surface area contributed by atoms with E-state index in [-0.39, 0.29) is 6.04 Å². The van der Waals surface area contributed by atoms with E-state index in [4.69, 9.17) is 17.3 Å². The second kappa shape index (κ2) is 6.40.